The molecule has 0 aliphatic carbocycles. The van der Waals surface area contributed by atoms with Crippen LogP contribution in [0.3, 0.4) is 0 Å². The monoisotopic (exact) mass is 379 g/mol. The van der Waals surface area contributed by atoms with Gasteiger partial charge in [0.25, 0.3) is 5.91 Å². The maximum atomic E-state index is 12.7. The molecule has 1 aliphatic rings. The predicted molar refractivity (Wildman–Crippen MR) is 109 cm³/mol. The van der Waals surface area contributed by atoms with Crippen molar-refractivity contribution in [3.63, 3.8) is 0 Å². The van der Waals surface area contributed by atoms with Crippen LogP contribution in [-0.4, -0.2) is 31.3 Å². The van der Waals surface area contributed by atoms with Crippen LogP contribution in [0, 0.1) is 5.92 Å². The zero-order chi connectivity index (χ0) is 20.3. The summed E-state index contributed by atoms with van der Waals surface area (Å²) < 4.78 is 0. The standard InChI is InChI=1S/C22H25N3O3/c1-14(2)15-6-5-9-19(11-15)25-13-17(12-20(25)26)22(28)24-18-8-4-7-16(10-18)21(27)23-3/h4-11,14,17H,12-13H2,1-3H3,(H,23,27)(H,24,28)/t17-/m1/s1. The summed E-state index contributed by atoms with van der Waals surface area (Å²) in [5.41, 5.74) is 2.99. The van der Waals surface area contributed by atoms with Crippen LogP contribution in [0.15, 0.2) is 48.5 Å². The van der Waals surface area contributed by atoms with E-state index in [0.717, 1.165) is 11.3 Å². The average Bonchev–Trinajstić information content (AvgIpc) is 3.09. The van der Waals surface area contributed by atoms with E-state index in [0.29, 0.717) is 23.7 Å². The molecule has 146 valence electrons. The number of nitrogens with one attached hydrogen (secondary N) is 2. The van der Waals surface area contributed by atoms with Crippen LogP contribution in [0.25, 0.3) is 0 Å². The largest absolute Gasteiger partial charge is 0.355 e. The number of nitrogens with zero attached hydrogens (tertiary/aromatic N) is 1. The Morgan fingerprint density at radius 3 is 2.57 bits per heavy atom. The highest BCUT2D eigenvalue weighted by atomic mass is 16.2. The van der Waals surface area contributed by atoms with Crippen LogP contribution in [0.5, 0.6) is 0 Å². The summed E-state index contributed by atoms with van der Waals surface area (Å²) in [6.45, 7) is 4.56. The van der Waals surface area contributed by atoms with Gasteiger partial charge < -0.3 is 15.5 Å². The van der Waals surface area contributed by atoms with Crippen molar-refractivity contribution in [2.45, 2.75) is 26.2 Å². The molecule has 1 heterocycles. The van der Waals surface area contributed by atoms with Gasteiger partial charge in [-0.25, -0.2) is 0 Å². The zero-order valence-corrected chi connectivity index (χ0v) is 16.4. The maximum absolute atomic E-state index is 12.7. The van der Waals surface area contributed by atoms with E-state index in [1.54, 1.807) is 36.2 Å². The number of amides is 3. The summed E-state index contributed by atoms with van der Waals surface area (Å²) in [6.07, 6.45) is 0.173. The molecule has 1 saturated heterocycles. The Labute approximate surface area is 164 Å². The topological polar surface area (TPSA) is 78.5 Å². The number of hydrogen-bond donors (Lipinski definition) is 2. The van der Waals surface area contributed by atoms with E-state index in [9.17, 15) is 14.4 Å². The molecule has 3 amide bonds. The summed E-state index contributed by atoms with van der Waals surface area (Å²) in [5.74, 6) is -0.559. The van der Waals surface area contributed by atoms with Gasteiger partial charge in [0.1, 0.15) is 0 Å². The molecule has 3 rings (SSSR count). The lowest BCUT2D eigenvalue weighted by molar-refractivity contribution is -0.122. The van der Waals surface area contributed by atoms with Crippen LogP contribution in [0.4, 0.5) is 11.4 Å². The highest BCUT2D eigenvalue weighted by Crippen LogP contribution is 2.28. The van der Waals surface area contributed by atoms with Crippen molar-refractivity contribution in [3.8, 4) is 0 Å². The number of rotatable bonds is 5. The van der Waals surface area contributed by atoms with Gasteiger partial charge in [0.2, 0.25) is 11.8 Å². The molecular formula is C22H25N3O3. The lowest BCUT2D eigenvalue weighted by Crippen LogP contribution is -2.28. The third kappa shape index (κ3) is 4.22. The highest BCUT2D eigenvalue weighted by Gasteiger charge is 2.35. The van der Waals surface area contributed by atoms with Crippen molar-refractivity contribution in [2.24, 2.45) is 5.92 Å². The first-order chi connectivity index (χ1) is 13.4. The first kappa shape index (κ1) is 19.6. The number of hydrogen-bond acceptors (Lipinski definition) is 3. The molecular weight excluding hydrogens is 354 g/mol. The minimum Gasteiger partial charge on any atom is -0.355 e. The first-order valence-electron chi connectivity index (χ1n) is 9.42. The fourth-order valence-electron chi connectivity index (χ4n) is 3.31. The summed E-state index contributed by atoms with van der Waals surface area (Å²) in [4.78, 5) is 38.6. The number of carbonyl (C=O) groups is 3. The van der Waals surface area contributed by atoms with Gasteiger partial charge in [0, 0.05) is 37.0 Å². The van der Waals surface area contributed by atoms with Crippen molar-refractivity contribution in [2.75, 3.05) is 23.8 Å². The van der Waals surface area contributed by atoms with Crippen molar-refractivity contribution in [1.82, 2.24) is 5.32 Å². The summed E-state index contributed by atoms with van der Waals surface area (Å²) >= 11 is 0. The van der Waals surface area contributed by atoms with Gasteiger partial charge in [-0.05, 0) is 41.8 Å². The van der Waals surface area contributed by atoms with Gasteiger partial charge >= 0.3 is 0 Å². The second kappa shape index (κ2) is 8.25. The van der Waals surface area contributed by atoms with E-state index in [1.165, 1.54) is 0 Å². The van der Waals surface area contributed by atoms with Crippen LogP contribution in [-0.2, 0) is 9.59 Å². The Balaban J connectivity index is 1.70. The van der Waals surface area contributed by atoms with E-state index >= 15 is 0 Å². The van der Waals surface area contributed by atoms with E-state index in [2.05, 4.69) is 24.5 Å². The smallest absolute Gasteiger partial charge is 0.251 e. The minimum absolute atomic E-state index is 0.0554. The van der Waals surface area contributed by atoms with E-state index in [4.69, 9.17) is 0 Å². The quantitative estimate of drug-likeness (QED) is 0.838. The molecule has 0 spiro atoms. The van der Waals surface area contributed by atoms with Crippen LogP contribution in [0.1, 0.15) is 42.1 Å². The zero-order valence-electron chi connectivity index (χ0n) is 16.4. The molecule has 2 aromatic carbocycles. The van der Waals surface area contributed by atoms with Crippen molar-refractivity contribution >= 4 is 29.1 Å². The van der Waals surface area contributed by atoms with Gasteiger partial charge in [0.15, 0.2) is 0 Å². The van der Waals surface area contributed by atoms with Crippen LogP contribution >= 0.6 is 0 Å². The molecule has 1 aliphatic heterocycles. The predicted octanol–water partition coefficient (Wildman–Crippen LogP) is 3.16. The van der Waals surface area contributed by atoms with Crippen LogP contribution in [0.2, 0.25) is 0 Å². The van der Waals surface area contributed by atoms with Gasteiger partial charge in [-0.1, -0.05) is 32.0 Å². The first-order valence-corrected chi connectivity index (χ1v) is 9.42. The second-order valence-electron chi connectivity index (χ2n) is 7.30. The molecule has 1 atom stereocenters. The molecule has 6 heteroatoms. The Bertz CT molecular complexity index is 907. The van der Waals surface area contributed by atoms with E-state index in [-0.39, 0.29) is 24.1 Å². The number of anilines is 2. The lowest BCUT2D eigenvalue weighted by Gasteiger charge is -2.18. The molecule has 0 saturated carbocycles. The second-order valence-corrected chi connectivity index (χ2v) is 7.30. The SMILES string of the molecule is CNC(=O)c1cccc(NC(=O)[C@@H]2CC(=O)N(c3cccc(C(C)C)c3)C2)c1. The molecule has 6 nitrogen and oxygen atoms in total. The molecule has 0 unspecified atom stereocenters. The maximum Gasteiger partial charge on any atom is 0.251 e. The average molecular weight is 379 g/mol. The normalized spacial score (nSPS) is 16.4. The molecule has 2 N–H and O–H groups in total. The minimum atomic E-state index is -0.432. The Kier molecular flexibility index (Phi) is 5.78. The van der Waals surface area contributed by atoms with Crippen molar-refractivity contribution < 1.29 is 14.4 Å². The fourth-order valence-corrected chi connectivity index (χ4v) is 3.31. The summed E-state index contributed by atoms with van der Waals surface area (Å²) in [5, 5.41) is 5.38. The molecule has 1 fully saturated rings. The molecule has 0 bridgehead atoms. The fraction of sp³-hybridized carbons (Fsp3) is 0.318. The Morgan fingerprint density at radius 1 is 1.11 bits per heavy atom. The summed E-state index contributed by atoms with van der Waals surface area (Å²) in [7, 11) is 1.56. The van der Waals surface area contributed by atoms with Crippen molar-refractivity contribution in [1.29, 1.82) is 0 Å². The van der Waals surface area contributed by atoms with Gasteiger partial charge in [-0.2, -0.15) is 0 Å². The number of benzene rings is 2. The molecule has 2 aromatic rings. The third-order valence-electron chi connectivity index (χ3n) is 4.96. The van der Waals surface area contributed by atoms with Gasteiger partial charge in [-0.3, -0.25) is 14.4 Å². The van der Waals surface area contributed by atoms with Crippen LogP contribution < -0.4 is 15.5 Å². The molecule has 28 heavy (non-hydrogen) atoms. The number of carbonyl (C=O) groups excluding carboxylic acids is 3. The van der Waals surface area contributed by atoms with Gasteiger partial charge in [0.05, 0.1) is 5.92 Å². The summed E-state index contributed by atoms with van der Waals surface area (Å²) in [6, 6.07) is 14.6. The lowest BCUT2D eigenvalue weighted by atomic mass is 10.0. The van der Waals surface area contributed by atoms with E-state index in [1.807, 2.05) is 24.3 Å². The molecule has 0 radical (unpaired) electrons. The Morgan fingerprint density at radius 2 is 1.86 bits per heavy atom. The highest BCUT2D eigenvalue weighted by molar-refractivity contribution is 6.04. The van der Waals surface area contributed by atoms with E-state index < -0.39 is 5.92 Å². The Hall–Kier alpha value is -3.15. The van der Waals surface area contributed by atoms with Crippen molar-refractivity contribution in [3.05, 3.63) is 59.7 Å². The van der Waals surface area contributed by atoms with Gasteiger partial charge in [-0.15, -0.1) is 0 Å². The molecule has 0 aromatic heterocycles. The third-order valence-corrected chi connectivity index (χ3v) is 4.96.